The Labute approximate surface area is 148 Å². The van der Waals surface area contributed by atoms with E-state index in [1.807, 2.05) is 24.3 Å². The summed E-state index contributed by atoms with van der Waals surface area (Å²) in [5, 5.41) is 3.09. The number of carbonyl (C=O) groups is 1. The number of halogens is 3. The first-order valence-electron chi connectivity index (χ1n) is 6.87. The molecule has 0 aliphatic carbocycles. The molecule has 0 bridgehead atoms. The zero-order valence-corrected chi connectivity index (χ0v) is 14.1. The number of esters is 1. The molecule has 2 nitrogen and oxygen atoms in total. The van der Waals surface area contributed by atoms with Crippen LogP contribution in [-0.4, -0.2) is 5.97 Å². The largest absolute Gasteiger partial charge is 0.426 e. The lowest BCUT2D eigenvalue weighted by Crippen LogP contribution is -2.12. The topological polar surface area (TPSA) is 26.3 Å². The van der Waals surface area contributed by atoms with Gasteiger partial charge in [0.25, 0.3) is 0 Å². The Bertz CT molecular complexity index is 870. The predicted molar refractivity (Wildman–Crippen MR) is 94.8 cm³/mol. The van der Waals surface area contributed by atoms with Crippen LogP contribution in [0.25, 0.3) is 10.8 Å². The standard InChI is InChI=1S/C18H11Cl3O2/c19-14-6-3-7-15(20)13(14)10-18(22)23-17-9-8-16(21)11-4-1-2-5-12(11)17/h1-9H,10H2. The van der Waals surface area contributed by atoms with Gasteiger partial charge in [-0.05, 0) is 24.3 Å². The number of carbonyl (C=O) groups excluding carboxylic acids is 1. The zero-order valence-electron chi connectivity index (χ0n) is 11.9. The minimum atomic E-state index is -0.438. The zero-order chi connectivity index (χ0) is 16.4. The molecule has 116 valence electrons. The van der Waals surface area contributed by atoms with Gasteiger partial charge in [-0.1, -0.05) is 65.1 Å². The number of ether oxygens (including phenoxy) is 1. The van der Waals surface area contributed by atoms with Crippen LogP contribution in [0, 0.1) is 0 Å². The van der Waals surface area contributed by atoms with Gasteiger partial charge in [-0.2, -0.15) is 0 Å². The maximum atomic E-state index is 12.2. The van der Waals surface area contributed by atoms with Crippen molar-refractivity contribution in [1.29, 1.82) is 0 Å². The van der Waals surface area contributed by atoms with Gasteiger partial charge in [0.1, 0.15) is 5.75 Å². The van der Waals surface area contributed by atoms with Crippen molar-refractivity contribution in [1.82, 2.24) is 0 Å². The molecule has 0 saturated carbocycles. The van der Waals surface area contributed by atoms with Gasteiger partial charge < -0.3 is 4.74 Å². The molecule has 0 radical (unpaired) electrons. The first-order chi connectivity index (χ1) is 11.1. The highest BCUT2D eigenvalue weighted by Crippen LogP contribution is 2.32. The average Bonchev–Trinajstić information content (AvgIpc) is 2.54. The quantitative estimate of drug-likeness (QED) is 0.423. The van der Waals surface area contributed by atoms with Crippen molar-refractivity contribution in [2.24, 2.45) is 0 Å². The Balaban J connectivity index is 1.88. The lowest BCUT2D eigenvalue weighted by Gasteiger charge is -2.10. The fourth-order valence-corrected chi connectivity index (χ4v) is 3.09. The molecule has 0 atom stereocenters. The molecule has 0 heterocycles. The van der Waals surface area contributed by atoms with E-state index in [0.29, 0.717) is 26.4 Å². The molecule has 0 aliphatic rings. The number of rotatable bonds is 3. The molecule has 0 saturated heterocycles. The van der Waals surface area contributed by atoms with Crippen molar-refractivity contribution in [3.63, 3.8) is 0 Å². The molecule has 3 aromatic carbocycles. The molecule has 0 fully saturated rings. The van der Waals surface area contributed by atoms with Crippen molar-refractivity contribution >= 4 is 51.5 Å². The van der Waals surface area contributed by atoms with E-state index in [4.69, 9.17) is 39.5 Å². The second-order valence-electron chi connectivity index (χ2n) is 4.94. The fraction of sp³-hybridized carbons (Fsp3) is 0.0556. The molecule has 0 N–H and O–H groups in total. The Kier molecular flexibility index (Phi) is 4.76. The Hall–Kier alpha value is -1.74. The van der Waals surface area contributed by atoms with Gasteiger partial charge >= 0.3 is 5.97 Å². The minimum absolute atomic E-state index is 0.00450. The summed E-state index contributed by atoms with van der Waals surface area (Å²) < 4.78 is 5.48. The first kappa shape index (κ1) is 16.1. The highest BCUT2D eigenvalue weighted by Gasteiger charge is 2.14. The van der Waals surface area contributed by atoms with Crippen molar-refractivity contribution in [2.45, 2.75) is 6.42 Å². The normalized spacial score (nSPS) is 10.7. The third kappa shape index (κ3) is 3.45. The van der Waals surface area contributed by atoms with E-state index >= 15 is 0 Å². The van der Waals surface area contributed by atoms with E-state index in [1.165, 1.54) is 0 Å². The predicted octanol–water partition coefficient (Wildman–Crippen LogP) is 5.95. The average molecular weight is 366 g/mol. The molecule has 3 aromatic rings. The van der Waals surface area contributed by atoms with Crippen molar-refractivity contribution in [2.75, 3.05) is 0 Å². The summed E-state index contributed by atoms with van der Waals surface area (Å²) in [5.41, 5.74) is 0.555. The van der Waals surface area contributed by atoms with E-state index in [9.17, 15) is 4.79 Å². The number of hydrogen-bond donors (Lipinski definition) is 0. The fourth-order valence-electron chi connectivity index (χ4n) is 2.33. The molecule has 23 heavy (non-hydrogen) atoms. The van der Waals surface area contributed by atoms with Gasteiger partial charge in [0.2, 0.25) is 0 Å². The number of hydrogen-bond acceptors (Lipinski definition) is 2. The van der Waals surface area contributed by atoms with Crippen LogP contribution >= 0.6 is 34.8 Å². The second kappa shape index (κ2) is 6.79. The van der Waals surface area contributed by atoms with E-state index in [2.05, 4.69) is 0 Å². The van der Waals surface area contributed by atoms with Gasteiger partial charge in [-0.3, -0.25) is 4.79 Å². The van der Waals surface area contributed by atoms with Crippen LogP contribution in [0.5, 0.6) is 5.75 Å². The van der Waals surface area contributed by atoms with Crippen LogP contribution in [-0.2, 0) is 11.2 Å². The maximum Gasteiger partial charge on any atom is 0.315 e. The van der Waals surface area contributed by atoms with E-state index in [-0.39, 0.29) is 6.42 Å². The summed E-state index contributed by atoms with van der Waals surface area (Å²) >= 11 is 18.3. The van der Waals surface area contributed by atoms with Crippen molar-refractivity contribution in [3.8, 4) is 5.75 Å². The molecule has 0 spiro atoms. The van der Waals surface area contributed by atoms with E-state index in [0.717, 1.165) is 10.8 Å². The lowest BCUT2D eigenvalue weighted by atomic mass is 10.1. The first-order valence-corrected chi connectivity index (χ1v) is 8.00. The molecule has 5 heteroatoms. The van der Waals surface area contributed by atoms with Gasteiger partial charge in [0, 0.05) is 31.4 Å². The van der Waals surface area contributed by atoms with Gasteiger partial charge in [0.15, 0.2) is 0 Å². The summed E-state index contributed by atoms with van der Waals surface area (Å²) in [4.78, 5) is 12.2. The van der Waals surface area contributed by atoms with Gasteiger partial charge in [-0.25, -0.2) is 0 Å². The van der Waals surface area contributed by atoms with E-state index in [1.54, 1.807) is 30.3 Å². The Morgan fingerprint density at radius 2 is 1.43 bits per heavy atom. The number of fused-ring (bicyclic) bond motifs is 1. The van der Waals surface area contributed by atoms with E-state index < -0.39 is 5.97 Å². The summed E-state index contributed by atoms with van der Waals surface area (Å²) in [6.07, 6.45) is -0.00450. The van der Waals surface area contributed by atoms with Crippen LogP contribution in [0.4, 0.5) is 0 Å². The van der Waals surface area contributed by atoms with Crippen LogP contribution in [0.15, 0.2) is 54.6 Å². The summed E-state index contributed by atoms with van der Waals surface area (Å²) in [7, 11) is 0. The number of benzene rings is 3. The molecular formula is C18H11Cl3O2. The highest BCUT2D eigenvalue weighted by atomic mass is 35.5. The summed E-state index contributed by atoms with van der Waals surface area (Å²) in [5.74, 6) is 0.0191. The summed E-state index contributed by atoms with van der Waals surface area (Å²) in [6.45, 7) is 0. The van der Waals surface area contributed by atoms with Crippen LogP contribution < -0.4 is 4.74 Å². The second-order valence-corrected chi connectivity index (χ2v) is 6.16. The molecule has 0 aromatic heterocycles. The molecule has 3 rings (SSSR count). The third-order valence-corrected chi connectivity index (χ3v) is 4.48. The maximum absolute atomic E-state index is 12.2. The van der Waals surface area contributed by atoms with Gasteiger partial charge in [0.05, 0.1) is 6.42 Å². The van der Waals surface area contributed by atoms with Crippen molar-refractivity contribution in [3.05, 3.63) is 75.2 Å². The molecule has 0 aliphatic heterocycles. The van der Waals surface area contributed by atoms with Crippen molar-refractivity contribution < 1.29 is 9.53 Å². The minimum Gasteiger partial charge on any atom is -0.426 e. The monoisotopic (exact) mass is 364 g/mol. The highest BCUT2D eigenvalue weighted by molar-refractivity contribution is 6.36. The molecule has 0 amide bonds. The summed E-state index contributed by atoms with van der Waals surface area (Å²) in [6, 6.07) is 16.0. The Morgan fingerprint density at radius 3 is 2.13 bits per heavy atom. The molecular weight excluding hydrogens is 355 g/mol. The SMILES string of the molecule is O=C(Cc1c(Cl)cccc1Cl)Oc1ccc(Cl)c2ccccc12. The lowest BCUT2D eigenvalue weighted by molar-refractivity contribution is -0.133. The van der Waals surface area contributed by atoms with Crippen LogP contribution in [0.3, 0.4) is 0 Å². The van der Waals surface area contributed by atoms with Crippen LogP contribution in [0.1, 0.15) is 5.56 Å². The van der Waals surface area contributed by atoms with Crippen LogP contribution in [0.2, 0.25) is 15.1 Å². The third-order valence-electron chi connectivity index (χ3n) is 3.44. The molecule has 0 unspecified atom stereocenters. The smallest absolute Gasteiger partial charge is 0.315 e. The van der Waals surface area contributed by atoms with Gasteiger partial charge in [-0.15, -0.1) is 0 Å². The Morgan fingerprint density at radius 1 is 0.783 bits per heavy atom.